The zero-order valence-electron chi connectivity index (χ0n) is 22.9. The number of benzene rings is 1. The Kier molecular flexibility index (Phi) is 9.84. The van der Waals surface area contributed by atoms with Crippen LogP contribution in [0.4, 0.5) is 0 Å². The minimum Gasteiger partial charge on any atom is -0.490 e. The lowest BCUT2D eigenvalue weighted by molar-refractivity contribution is -0.250. The van der Waals surface area contributed by atoms with Gasteiger partial charge in [0.15, 0.2) is 17.6 Å². The van der Waals surface area contributed by atoms with Crippen LogP contribution >= 0.6 is 0 Å². The summed E-state index contributed by atoms with van der Waals surface area (Å²) in [6, 6.07) is 2.21. The van der Waals surface area contributed by atoms with Crippen LogP contribution in [0.2, 0.25) is 0 Å². The third-order valence-electron chi connectivity index (χ3n) is 7.41. The Balaban J connectivity index is 1.99. The van der Waals surface area contributed by atoms with Crippen LogP contribution in [-0.2, 0) is 14.3 Å². The zero-order valence-corrected chi connectivity index (χ0v) is 22.9. The Morgan fingerprint density at radius 1 is 1.22 bits per heavy atom. The van der Waals surface area contributed by atoms with Crippen molar-refractivity contribution in [2.75, 3.05) is 13.2 Å². The van der Waals surface area contributed by atoms with Crippen molar-refractivity contribution in [3.05, 3.63) is 34.4 Å². The highest BCUT2D eigenvalue weighted by Gasteiger charge is 2.44. The van der Waals surface area contributed by atoms with Gasteiger partial charge in [-0.3, -0.25) is 4.79 Å². The molecule has 0 radical (unpaired) electrons. The molecular formula is C29H44O7. The second-order valence-corrected chi connectivity index (χ2v) is 10.7. The van der Waals surface area contributed by atoms with Crippen molar-refractivity contribution < 1.29 is 34.0 Å². The van der Waals surface area contributed by atoms with Crippen molar-refractivity contribution in [2.45, 2.75) is 111 Å². The van der Waals surface area contributed by atoms with Crippen molar-refractivity contribution in [3.63, 3.8) is 0 Å². The molecule has 0 saturated carbocycles. The molecule has 1 fully saturated rings. The summed E-state index contributed by atoms with van der Waals surface area (Å²) in [7, 11) is 0. The standard InChI is InChI=1S/C29H44O7/c1-8-33-27-24-18(5)12-13-21(17(4)11-9-10-16(2)3)22(24)14-19(6)26(27)36-29-28(35-20(7)30)25(32)23(31)15-34-29/h10,14,17-18,21,23,25,28-29,31-32H,8-9,11-13,15H2,1-7H3/t17-,18-,21+,23-,25+,28-,29+/m0/s1. The molecule has 202 valence electrons. The maximum atomic E-state index is 11.7. The largest absolute Gasteiger partial charge is 0.490 e. The highest BCUT2D eigenvalue weighted by Crippen LogP contribution is 2.51. The zero-order chi connectivity index (χ0) is 26.6. The maximum Gasteiger partial charge on any atom is 0.303 e. The van der Waals surface area contributed by atoms with Gasteiger partial charge >= 0.3 is 5.97 Å². The predicted octanol–water partition coefficient (Wildman–Crippen LogP) is 5.15. The number of rotatable bonds is 9. The molecule has 0 unspecified atom stereocenters. The summed E-state index contributed by atoms with van der Waals surface area (Å²) in [5, 5.41) is 20.5. The molecule has 1 aromatic rings. The first kappa shape index (κ1) is 28.5. The summed E-state index contributed by atoms with van der Waals surface area (Å²) < 4.78 is 23.5. The van der Waals surface area contributed by atoms with Gasteiger partial charge in [0.05, 0.1) is 13.2 Å². The molecule has 0 amide bonds. The summed E-state index contributed by atoms with van der Waals surface area (Å²) in [5.41, 5.74) is 4.75. The van der Waals surface area contributed by atoms with Gasteiger partial charge in [-0.1, -0.05) is 31.6 Å². The molecule has 3 rings (SSSR count). The van der Waals surface area contributed by atoms with Crippen molar-refractivity contribution in [3.8, 4) is 11.5 Å². The molecule has 7 nitrogen and oxygen atoms in total. The first-order valence-electron chi connectivity index (χ1n) is 13.3. The van der Waals surface area contributed by atoms with E-state index in [0.29, 0.717) is 35.9 Å². The van der Waals surface area contributed by atoms with Crippen molar-refractivity contribution in [1.82, 2.24) is 0 Å². The highest BCUT2D eigenvalue weighted by atomic mass is 16.7. The number of allylic oxidation sites excluding steroid dienone is 2. The Morgan fingerprint density at radius 3 is 2.58 bits per heavy atom. The van der Waals surface area contributed by atoms with Crippen molar-refractivity contribution in [2.24, 2.45) is 5.92 Å². The Labute approximate surface area is 215 Å². The van der Waals surface area contributed by atoms with Gasteiger partial charge in [-0.25, -0.2) is 0 Å². The highest BCUT2D eigenvalue weighted by molar-refractivity contribution is 5.66. The van der Waals surface area contributed by atoms with Crippen LogP contribution in [0, 0.1) is 12.8 Å². The summed E-state index contributed by atoms with van der Waals surface area (Å²) >= 11 is 0. The molecule has 7 atom stereocenters. The first-order chi connectivity index (χ1) is 17.0. The molecule has 2 N–H and O–H groups in total. The average Bonchev–Trinajstić information content (AvgIpc) is 2.80. The van der Waals surface area contributed by atoms with Crippen LogP contribution in [-0.4, -0.2) is 54.0 Å². The van der Waals surface area contributed by atoms with Crippen molar-refractivity contribution in [1.29, 1.82) is 0 Å². The van der Waals surface area contributed by atoms with Gasteiger partial charge in [-0.15, -0.1) is 0 Å². The summed E-state index contributed by atoms with van der Waals surface area (Å²) in [6.45, 7) is 14.4. The van der Waals surface area contributed by atoms with E-state index in [0.717, 1.165) is 31.2 Å². The fraction of sp³-hybridized carbons (Fsp3) is 0.690. The molecule has 1 aliphatic carbocycles. The van der Waals surface area contributed by atoms with Crippen LogP contribution in [0.25, 0.3) is 0 Å². The summed E-state index contributed by atoms with van der Waals surface area (Å²) in [5.74, 6) is 1.91. The van der Waals surface area contributed by atoms with Crippen LogP contribution in [0.1, 0.15) is 95.8 Å². The lowest BCUT2D eigenvalue weighted by Gasteiger charge is -2.39. The van der Waals surface area contributed by atoms with Crippen LogP contribution < -0.4 is 9.47 Å². The number of fused-ring (bicyclic) bond motifs is 1. The fourth-order valence-electron chi connectivity index (χ4n) is 5.52. The third-order valence-corrected chi connectivity index (χ3v) is 7.41. The topological polar surface area (TPSA) is 94.5 Å². The van der Waals surface area contributed by atoms with E-state index in [-0.39, 0.29) is 6.61 Å². The van der Waals surface area contributed by atoms with Gasteiger partial charge in [-0.05, 0) is 82.3 Å². The quantitative estimate of drug-likeness (QED) is 0.355. The van der Waals surface area contributed by atoms with Crippen LogP contribution in [0.5, 0.6) is 11.5 Å². The second kappa shape index (κ2) is 12.4. The molecule has 36 heavy (non-hydrogen) atoms. The fourth-order valence-corrected chi connectivity index (χ4v) is 5.52. The molecule has 1 aliphatic heterocycles. The van der Waals surface area contributed by atoms with E-state index >= 15 is 0 Å². The molecule has 1 aromatic carbocycles. The predicted molar refractivity (Wildman–Crippen MR) is 139 cm³/mol. The normalized spacial score (nSPS) is 28.6. The second-order valence-electron chi connectivity index (χ2n) is 10.7. The molecular weight excluding hydrogens is 460 g/mol. The van der Waals surface area contributed by atoms with Gasteiger partial charge < -0.3 is 29.2 Å². The molecule has 7 heteroatoms. The summed E-state index contributed by atoms with van der Waals surface area (Å²) in [4.78, 5) is 11.7. The van der Waals surface area contributed by atoms with Crippen molar-refractivity contribution >= 4 is 5.97 Å². The Hall–Kier alpha value is -2.09. The van der Waals surface area contributed by atoms with Crippen LogP contribution in [0.15, 0.2) is 17.7 Å². The molecule has 2 aliphatic rings. The number of hydrogen-bond donors (Lipinski definition) is 2. The Bertz CT molecular complexity index is 936. The van der Waals surface area contributed by atoms with E-state index in [2.05, 4.69) is 39.8 Å². The van der Waals surface area contributed by atoms with E-state index in [9.17, 15) is 15.0 Å². The van der Waals surface area contributed by atoms with E-state index in [4.69, 9.17) is 18.9 Å². The van der Waals surface area contributed by atoms with Gasteiger partial charge in [0, 0.05) is 12.5 Å². The van der Waals surface area contributed by atoms with Gasteiger partial charge in [-0.2, -0.15) is 0 Å². The molecule has 1 saturated heterocycles. The monoisotopic (exact) mass is 504 g/mol. The summed E-state index contributed by atoms with van der Waals surface area (Å²) in [6.07, 6.45) is 2.01. The lowest BCUT2D eigenvalue weighted by atomic mass is 9.70. The maximum absolute atomic E-state index is 11.7. The number of aliphatic hydroxyl groups is 2. The minimum atomic E-state index is -1.31. The van der Waals surface area contributed by atoms with E-state index in [1.807, 2.05) is 13.8 Å². The van der Waals surface area contributed by atoms with E-state index < -0.39 is 30.6 Å². The number of hydrogen-bond acceptors (Lipinski definition) is 7. The van der Waals surface area contributed by atoms with E-state index in [1.165, 1.54) is 23.6 Å². The number of aliphatic hydroxyl groups excluding tert-OH is 2. The molecule has 0 bridgehead atoms. The SMILES string of the molecule is CCOc1c(O[C@H]2OC[C@H](O)[C@@H](O)[C@@H]2OC(C)=O)c(C)cc2c1[C@@H](C)CC[C@@H]2[C@@H](C)CCC=C(C)C. The Morgan fingerprint density at radius 2 is 1.94 bits per heavy atom. The molecule has 1 heterocycles. The van der Waals surface area contributed by atoms with Gasteiger partial charge in [0.1, 0.15) is 12.2 Å². The van der Waals surface area contributed by atoms with Crippen LogP contribution in [0.3, 0.4) is 0 Å². The number of esters is 1. The molecule has 0 aromatic heterocycles. The number of carbonyl (C=O) groups excluding carboxylic acids is 1. The number of carbonyl (C=O) groups is 1. The van der Waals surface area contributed by atoms with Gasteiger partial charge in [0.25, 0.3) is 0 Å². The number of ether oxygens (including phenoxy) is 4. The van der Waals surface area contributed by atoms with E-state index in [1.54, 1.807) is 0 Å². The third kappa shape index (κ3) is 6.42. The minimum absolute atomic E-state index is 0.126. The lowest BCUT2D eigenvalue weighted by Crippen LogP contribution is -2.56. The smallest absolute Gasteiger partial charge is 0.303 e. The van der Waals surface area contributed by atoms with Gasteiger partial charge in [0.2, 0.25) is 6.29 Å². The number of aryl methyl sites for hydroxylation is 1. The average molecular weight is 505 g/mol. The first-order valence-corrected chi connectivity index (χ1v) is 13.3. The molecule has 0 spiro atoms.